The number of hydrogen-bond acceptors (Lipinski definition) is 3. The molecule has 1 atom stereocenters. The number of amides is 1. The van der Waals surface area contributed by atoms with E-state index in [1.165, 1.54) is 10.9 Å². The van der Waals surface area contributed by atoms with E-state index in [9.17, 15) is 4.79 Å². The molecule has 1 aliphatic rings. The molecule has 1 saturated heterocycles. The van der Waals surface area contributed by atoms with Gasteiger partial charge in [-0.25, -0.2) is 0 Å². The number of nitrogens with one attached hydrogen (secondary N) is 2. The zero-order valence-electron chi connectivity index (χ0n) is 12.3. The number of carbonyl (C=O) groups excluding carboxylic acids is 1. The molecule has 5 nitrogen and oxygen atoms in total. The minimum atomic E-state index is -0.183. The van der Waals surface area contributed by atoms with Crippen LogP contribution < -0.4 is 5.32 Å². The molecule has 0 saturated carbocycles. The molecule has 1 amide bonds. The Morgan fingerprint density at radius 1 is 1.38 bits per heavy atom. The van der Waals surface area contributed by atoms with Crippen molar-refractivity contribution in [2.45, 2.75) is 19.5 Å². The van der Waals surface area contributed by atoms with Gasteiger partial charge in [0.2, 0.25) is 5.91 Å². The van der Waals surface area contributed by atoms with Crippen LogP contribution in [0.4, 0.5) is 0 Å². The molecule has 0 bridgehead atoms. The van der Waals surface area contributed by atoms with Crippen molar-refractivity contribution in [3.8, 4) is 0 Å². The zero-order chi connectivity index (χ0) is 14.7. The van der Waals surface area contributed by atoms with Crippen LogP contribution in [0.3, 0.4) is 0 Å². The van der Waals surface area contributed by atoms with E-state index in [0.29, 0.717) is 32.8 Å². The molecular weight excluding hydrogens is 266 g/mol. The summed E-state index contributed by atoms with van der Waals surface area (Å²) in [7, 11) is 0. The lowest BCUT2D eigenvalue weighted by atomic mass is 10.1. The van der Waals surface area contributed by atoms with Crippen LogP contribution in [0, 0.1) is 0 Å². The van der Waals surface area contributed by atoms with Crippen LogP contribution in [0.1, 0.15) is 12.5 Å². The Hall–Kier alpha value is -1.85. The maximum atomic E-state index is 12.3. The molecule has 5 heteroatoms. The van der Waals surface area contributed by atoms with Gasteiger partial charge in [-0.1, -0.05) is 12.1 Å². The summed E-state index contributed by atoms with van der Waals surface area (Å²) in [5.74, 6) is 0.152. The Labute approximate surface area is 124 Å². The fourth-order valence-corrected chi connectivity index (χ4v) is 2.71. The predicted octanol–water partition coefficient (Wildman–Crippen LogP) is 1.50. The van der Waals surface area contributed by atoms with Crippen LogP contribution >= 0.6 is 0 Å². The molecule has 1 unspecified atom stereocenters. The third kappa shape index (κ3) is 3.09. The lowest BCUT2D eigenvalue weighted by molar-refractivity contribution is -0.137. The Balaban J connectivity index is 1.61. The minimum Gasteiger partial charge on any atom is -0.378 e. The number of carbonyl (C=O) groups is 1. The summed E-state index contributed by atoms with van der Waals surface area (Å²) in [4.78, 5) is 17.4. The normalized spacial score (nSPS) is 17.1. The fourth-order valence-electron chi connectivity index (χ4n) is 2.71. The standard InChI is InChI=1S/C16H21N3O2/c1-12(16(20)19-7-9-21-10-8-19)18-11-13-3-2-4-15-14(13)5-6-17-15/h2-6,12,17-18H,7-11H2,1H3. The molecule has 3 rings (SSSR count). The number of aromatic amines is 1. The number of H-pyrrole nitrogens is 1. The molecule has 21 heavy (non-hydrogen) atoms. The average Bonchev–Trinajstić information content (AvgIpc) is 3.02. The van der Waals surface area contributed by atoms with Crippen molar-refractivity contribution in [1.29, 1.82) is 0 Å². The smallest absolute Gasteiger partial charge is 0.239 e. The third-order valence-electron chi connectivity index (χ3n) is 3.98. The lowest BCUT2D eigenvalue weighted by Crippen LogP contribution is -2.49. The summed E-state index contributed by atoms with van der Waals surface area (Å²) in [6.45, 7) is 5.28. The monoisotopic (exact) mass is 287 g/mol. The van der Waals surface area contributed by atoms with Crippen LogP contribution in [0.2, 0.25) is 0 Å². The van der Waals surface area contributed by atoms with Gasteiger partial charge in [-0.3, -0.25) is 4.79 Å². The molecule has 1 aliphatic heterocycles. The number of hydrogen-bond donors (Lipinski definition) is 2. The quantitative estimate of drug-likeness (QED) is 0.896. The van der Waals surface area contributed by atoms with E-state index in [1.807, 2.05) is 24.1 Å². The predicted molar refractivity (Wildman–Crippen MR) is 82.0 cm³/mol. The van der Waals surface area contributed by atoms with Gasteiger partial charge in [0.1, 0.15) is 0 Å². The van der Waals surface area contributed by atoms with Gasteiger partial charge in [-0.2, -0.15) is 0 Å². The van der Waals surface area contributed by atoms with Gasteiger partial charge in [0.25, 0.3) is 0 Å². The van der Waals surface area contributed by atoms with Crippen molar-refractivity contribution in [3.05, 3.63) is 36.0 Å². The topological polar surface area (TPSA) is 57.4 Å². The number of morpholine rings is 1. The summed E-state index contributed by atoms with van der Waals surface area (Å²) >= 11 is 0. The first kappa shape index (κ1) is 14.1. The highest BCUT2D eigenvalue weighted by Crippen LogP contribution is 2.17. The Morgan fingerprint density at radius 2 is 2.19 bits per heavy atom. The molecule has 1 aromatic carbocycles. The van der Waals surface area contributed by atoms with Crippen molar-refractivity contribution in [2.75, 3.05) is 26.3 Å². The number of aromatic nitrogens is 1. The van der Waals surface area contributed by atoms with Gasteiger partial charge in [0, 0.05) is 36.7 Å². The van der Waals surface area contributed by atoms with E-state index in [0.717, 1.165) is 5.52 Å². The Bertz CT molecular complexity index is 617. The summed E-state index contributed by atoms with van der Waals surface area (Å²) in [5, 5.41) is 4.54. The van der Waals surface area contributed by atoms with Crippen molar-refractivity contribution in [1.82, 2.24) is 15.2 Å². The van der Waals surface area contributed by atoms with Crippen LogP contribution in [0.25, 0.3) is 10.9 Å². The number of ether oxygens (including phenoxy) is 1. The highest BCUT2D eigenvalue weighted by atomic mass is 16.5. The molecule has 0 radical (unpaired) electrons. The van der Waals surface area contributed by atoms with E-state index in [1.54, 1.807) is 0 Å². The number of nitrogens with zero attached hydrogens (tertiary/aromatic N) is 1. The van der Waals surface area contributed by atoms with Gasteiger partial charge in [0.15, 0.2) is 0 Å². The highest BCUT2D eigenvalue weighted by Gasteiger charge is 2.22. The maximum Gasteiger partial charge on any atom is 0.239 e. The van der Waals surface area contributed by atoms with Gasteiger partial charge < -0.3 is 19.9 Å². The number of rotatable bonds is 4. The van der Waals surface area contributed by atoms with Crippen LogP contribution in [-0.2, 0) is 16.1 Å². The van der Waals surface area contributed by atoms with E-state index in [4.69, 9.17) is 4.74 Å². The molecule has 0 aliphatic carbocycles. The first-order chi connectivity index (χ1) is 10.3. The van der Waals surface area contributed by atoms with Crippen LogP contribution in [0.5, 0.6) is 0 Å². The average molecular weight is 287 g/mol. The maximum absolute atomic E-state index is 12.3. The van der Waals surface area contributed by atoms with E-state index in [-0.39, 0.29) is 11.9 Å². The second-order valence-corrected chi connectivity index (χ2v) is 5.40. The molecular formula is C16H21N3O2. The van der Waals surface area contributed by atoms with Crippen molar-refractivity contribution in [2.24, 2.45) is 0 Å². The second kappa shape index (κ2) is 6.28. The summed E-state index contributed by atoms with van der Waals surface area (Å²) < 4.78 is 5.28. The van der Waals surface area contributed by atoms with Gasteiger partial charge >= 0.3 is 0 Å². The van der Waals surface area contributed by atoms with E-state index in [2.05, 4.69) is 28.5 Å². The minimum absolute atomic E-state index is 0.152. The summed E-state index contributed by atoms with van der Waals surface area (Å²) in [6, 6.07) is 8.07. The van der Waals surface area contributed by atoms with Crippen molar-refractivity contribution >= 4 is 16.8 Å². The molecule has 2 aromatic rings. The summed E-state index contributed by atoms with van der Waals surface area (Å²) in [6.07, 6.45) is 1.94. The Kier molecular flexibility index (Phi) is 4.22. The Morgan fingerprint density at radius 3 is 3.00 bits per heavy atom. The molecule has 2 N–H and O–H groups in total. The fraction of sp³-hybridized carbons (Fsp3) is 0.438. The highest BCUT2D eigenvalue weighted by molar-refractivity contribution is 5.83. The number of benzene rings is 1. The van der Waals surface area contributed by atoms with Gasteiger partial charge in [-0.15, -0.1) is 0 Å². The lowest BCUT2D eigenvalue weighted by Gasteiger charge is -2.29. The van der Waals surface area contributed by atoms with Crippen molar-refractivity contribution in [3.63, 3.8) is 0 Å². The SMILES string of the molecule is CC(NCc1cccc2[nH]ccc12)C(=O)N1CCOCC1. The van der Waals surface area contributed by atoms with Crippen LogP contribution in [0.15, 0.2) is 30.5 Å². The largest absolute Gasteiger partial charge is 0.378 e. The van der Waals surface area contributed by atoms with E-state index >= 15 is 0 Å². The first-order valence-corrected chi connectivity index (χ1v) is 7.40. The van der Waals surface area contributed by atoms with Gasteiger partial charge in [0.05, 0.1) is 19.3 Å². The first-order valence-electron chi connectivity index (χ1n) is 7.40. The third-order valence-corrected chi connectivity index (χ3v) is 3.98. The van der Waals surface area contributed by atoms with Crippen LogP contribution in [-0.4, -0.2) is 48.1 Å². The molecule has 0 spiro atoms. The van der Waals surface area contributed by atoms with Crippen molar-refractivity contribution < 1.29 is 9.53 Å². The van der Waals surface area contributed by atoms with E-state index < -0.39 is 0 Å². The second-order valence-electron chi connectivity index (χ2n) is 5.40. The van der Waals surface area contributed by atoms with Gasteiger partial charge in [-0.05, 0) is 24.6 Å². The molecule has 1 fully saturated rings. The zero-order valence-corrected chi connectivity index (χ0v) is 12.3. The molecule has 2 heterocycles. The molecule has 1 aromatic heterocycles. The molecule has 112 valence electrons. The summed E-state index contributed by atoms with van der Waals surface area (Å²) in [5.41, 5.74) is 2.33. The number of fused-ring (bicyclic) bond motifs is 1.